The lowest BCUT2D eigenvalue weighted by Crippen LogP contribution is -2.48. The quantitative estimate of drug-likeness (QED) is 0.126. The lowest BCUT2D eigenvalue weighted by molar-refractivity contribution is 0.324. The zero-order valence-electron chi connectivity index (χ0n) is 33.5. The van der Waals surface area contributed by atoms with Crippen molar-refractivity contribution in [3.63, 3.8) is 0 Å². The Bertz CT molecular complexity index is 2700. The minimum Gasteiger partial charge on any atom is -0.493 e. The van der Waals surface area contributed by atoms with Gasteiger partial charge in [-0.05, 0) is 72.8 Å². The third-order valence-electron chi connectivity index (χ3n) is 10.1. The highest BCUT2D eigenvalue weighted by atomic mass is 35.5. The number of methoxy groups -OCH3 is 3. The van der Waals surface area contributed by atoms with Crippen molar-refractivity contribution in [1.82, 2.24) is 18.6 Å². The van der Waals surface area contributed by atoms with Crippen molar-refractivity contribution in [3.05, 3.63) is 112 Å². The second kappa shape index (κ2) is 19.2. The van der Waals surface area contributed by atoms with Gasteiger partial charge in [0.15, 0.2) is 21.8 Å². The standard InChI is InChI=1S/C22H24FN3O5S2.C19H16ClF2N3O2S2/c1-29-19-12-15(13-20(30-2)21(19)31-3)18-14-32-22(24-18)25-8-10-26(11-9-25)33(27,28)17-6-4-16(23)5-7-17;20-16-6-1-13(11-17(16)22)18-12-28-19(23-18)24-7-9-25(10-8-24)29(26,27)15-4-2-14(21)3-5-15/h4-7,12-14H,8-11H2,1-3H3;1-6,11-12H,7-10H2. The van der Waals surface area contributed by atoms with E-state index in [1.807, 2.05) is 27.8 Å². The van der Waals surface area contributed by atoms with Crippen LogP contribution in [0, 0.1) is 17.5 Å². The Balaban J connectivity index is 0.000000188. The topological polar surface area (TPSA) is 135 Å². The fourth-order valence-corrected chi connectivity index (χ4v) is 11.5. The first-order valence-corrected chi connectivity index (χ1v) is 23.9. The van der Waals surface area contributed by atoms with Crippen molar-refractivity contribution in [2.24, 2.45) is 0 Å². The number of ether oxygens (including phenoxy) is 3. The molecule has 21 heteroatoms. The number of sulfonamides is 2. The van der Waals surface area contributed by atoms with Gasteiger partial charge in [0.2, 0.25) is 25.8 Å². The molecule has 0 spiro atoms. The van der Waals surface area contributed by atoms with E-state index in [1.165, 1.54) is 67.7 Å². The summed E-state index contributed by atoms with van der Waals surface area (Å²) in [4.78, 5) is 13.5. The van der Waals surface area contributed by atoms with Crippen molar-refractivity contribution >= 4 is 64.6 Å². The molecule has 62 heavy (non-hydrogen) atoms. The van der Waals surface area contributed by atoms with Crippen LogP contribution in [-0.2, 0) is 20.0 Å². The molecule has 4 aromatic carbocycles. The van der Waals surface area contributed by atoms with E-state index in [0.29, 0.717) is 80.9 Å². The predicted molar refractivity (Wildman–Crippen MR) is 234 cm³/mol. The molecule has 0 atom stereocenters. The largest absolute Gasteiger partial charge is 0.493 e. The number of rotatable bonds is 11. The monoisotopic (exact) mass is 948 g/mol. The Kier molecular flexibility index (Phi) is 14.0. The summed E-state index contributed by atoms with van der Waals surface area (Å²) in [5, 5.41) is 5.38. The van der Waals surface area contributed by atoms with Gasteiger partial charge in [0.05, 0.1) is 47.5 Å². The third-order valence-corrected chi connectivity index (χ3v) is 16.0. The zero-order valence-corrected chi connectivity index (χ0v) is 37.5. The van der Waals surface area contributed by atoms with Gasteiger partial charge < -0.3 is 24.0 Å². The maximum atomic E-state index is 13.7. The molecule has 0 saturated carbocycles. The van der Waals surface area contributed by atoms with Gasteiger partial charge in [-0.15, -0.1) is 22.7 Å². The van der Waals surface area contributed by atoms with Gasteiger partial charge in [0.1, 0.15) is 17.5 Å². The summed E-state index contributed by atoms with van der Waals surface area (Å²) in [5.74, 6) is 0.150. The summed E-state index contributed by atoms with van der Waals surface area (Å²) in [6, 6.07) is 17.9. The van der Waals surface area contributed by atoms with Gasteiger partial charge in [-0.25, -0.2) is 40.0 Å². The Morgan fingerprint density at radius 3 is 1.37 bits per heavy atom. The van der Waals surface area contributed by atoms with Crippen LogP contribution in [0.5, 0.6) is 17.2 Å². The van der Waals surface area contributed by atoms with E-state index in [1.54, 1.807) is 27.4 Å². The van der Waals surface area contributed by atoms with Gasteiger partial charge in [-0.1, -0.05) is 17.7 Å². The van der Waals surface area contributed by atoms with Gasteiger partial charge in [0.25, 0.3) is 0 Å². The smallest absolute Gasteiger partial charge is 0.243 e. The van der Waals surface area contributed by atoms with E-state index < -0.39 is 37.5 Å². The summed E-state index contributed by atoms with van der Waals surface area (Å²) in [6.45, 7) is 3.18. The van der Waals surface area contributed by atoms with Gasteiger partial charge >= 0.3 is 0 Å². The van der Waals surface area contributed by atoms with Crippen molar-refractivity contribution in [2.45, 2.75) is 9.79 Å². The number of anilines is 2. The third kappa shape index (κ3) is 9.80. The lowest BCUT2D eigenvalue weighted by atomic mass is 10.1. The first kappa shape index (κ1) is 45.1. The van der Waals surface area contributed by atoms with Gasteiger partial charge in [-0.3, -0.25) is 0 Å². The molecule has 13 nitrogen and oxygen atoms in total. The molecular formula is C41H40ClF3N6O7S4. The highest BCUT2D eigenvalue weighted by Crippen LogP contribution is 2.42. The Morgan fingerprint density at radius 1 is 0.565 bits per heavy atom. The van der Waals surface area contributed by atoms with Crippen LogP contribution in [-0.4, -0.2) is 109 Å². The van der Waals surface area contributed by atoms with Crippen molar-refractivity contribution in [1.29, 1.82) is 0 Å². The molecule has 0 radical (unpaired) electrons. The first-order chi connectivity index (χ1) is 29.7. The SMILES string of the molecule is COc1cc(-c2csc(N3CCN(S(=O)(=O)c4ccc(F)cc4)CC3)n2)cc(OC)c1OC.O=S(=O)(c1ccc(F)cc1)N1CCN(c2nc(-c3ccc(Cl)c(F)c3)cs2)CC1. The molecule has 2 aliphatic heterocycles. The summed E-state index contributed by atoms with van der Waals surface area (Å²) >= 11 is 8.63. The average molecular weight is 950 g/mol. The van der Waals surface area contributed by atoms with E-state index in [-0.39, 0.29) is 14.8 Å². The van der Waals surface area contributed by atoms with Crippen LogP contribution in [0.2, 0.25) is 5.02 Å². The Morgan fingerprint density at radius 2 is 0.984 bits per heavy atom. The summed E-state index contributed by atoms with van der Waals surface area (Å²) < 4.78 is 110. The van der Waals surface area contributed by atoms with Gasteiger partial charge in [-0.2, -0.15) is 8.61 Å². The second-order valence-corrected chi connectivity index (χ2v) is 19.7. The van der Waals surface area contributed by atoms with Crippen LogP contribution < -0.4 is 24.0 Å². The van der Waals surface area contributed by atoms with Crippen LogP contribution in [0.3, 0.4) is 0 Å². The number of aromatic nitrogens is 2. The van der Waals surface area contributed by atoms with Crippen LogP contribution >= 0.6 is 34.3 Å². The van der Waals surface area contributed by atoms with Crippen LogP contribution in [0.25, 0.3) is 22.5 Å². The molecule has 0 bridgehead atoms. The average Bonchev–Trinajstić information content (AvgIpc) is 3.99. The fourth-order valence-electron chi connectivity index (χ4n) is 6.72. The van der Waals surface area contributed by atoms with Crippen molar-refractivity contribution < 1.29 is 44.2 Å². The number of hydrogen-bond acceptors (Lipinski definition) is 13. The minimum atomic E-state index is -3.66. The number of halogens is 4. The highest BCUT2D eigenvalue weighted by Gasteiger charge is 2.31. The molecule has 2 aliphatic rings. The van der Waals surface area contributed by atoms with E-state index in [0.717, 1.165) is 45.8 Å². The number of piperazine rings is 2. The molecule has 328 valence electrons. The Hall–Kier alpha value is -4.96. The lowest BCUT2D eigenvalue weighted by Gasteiger charge is -2.33. The van der Waals surface area contributed by atoms with E-state index in [9.17, 15) is 30.0 Å². The molecule has 0 aliphatic carbocycles. The molecule has 0 unspecified atom stereocenters. The van der Waals surface area contributed by atoms with E-state index in [2.05, 4.69) is 9.88 Å². The van der Waals surface area contributed by atoms with Crippen LogP contribution in [0.4, 0.5) is 23.4 Å². The van der Waals surface area contributed by atoms with Crippen molar-refractivity contribution in [2.75, 3.05) is 83.5 Å². The molecule has 2 aromatic heterocycles. The zero-order chi connectivity index (χ0) is 44.2. The van der Waals surface area contributed by atoms with E-state index in [4.69, 9.17) is 30.8 Å². The molecular weight excluding hydrogens is 909 g/mol. The molecule has 0 N–H and O–H groups in total. The number of benzene rings is 4. The highest BCUT2D eigenvalue weighted by molar-refractivity contribution is 7.89. The normalized spacial score (nSPS) is 15.2. The number of nitrogens with zero attached hydrogens (tertiary/aromatic N) is 6. The summed E-state index contributed by atoms with van der Waals surface area (Å²) in [6.07, 6.45) is 0. The molecule has 2 saturated heterocycles. The molecule has 4 heterocycles. The summed E-state index contributed by atoms with van der Waals surface area (Å²) in [5.41, 5.74) is 2.86. The van der Waals surface area contributed by atoms with Crippen LogP contribution in [0.15, 0.2) is 99.4 Å². The predicted octanol–water partition coefficient (Wildman–Crippen LogP) is 7.74. The first-order valence-electron chi connectivity index (χ1n) is 18.9. The fraction of sp³-hybridized carbons (Fsp3) is 0.268. The maximum absolute atomic E-state index is 13.7. The molecule has 6 aromatic rings. The van der Waals surface area contributed by atoms with Gasteiger partial charge in [0, 0.05) is 74.2 Å². The second-order valence-electron chi connectivity index (χ2n) is 13.8. The molecule has 0 amide bonds. The maximum Gasteiger partial charge on any atom is 0.243 e. The van der Waals surface area contributed by atoms with Crippen molar-refractivity contribution in [3.8, 4) is 39.8 Å². The Labute approximate surface area is 370 Å². The van der Waals surface area contributed by atoms with Crippen LogP contribution in [0.1, 0.15) is 0 Å². The number of hydrogen-bond donors (Lipinski definition) is 0. The molecule has 2 fully saturated rings. The minimum absolute atomic E-state index is 0.0580. The molecule has 8 rings (SSSR count). The summed E-state index contributed by atoms with van der Waals surface area (Å²) in [7, 11) is -2.65. The number of thiazole rings is 2. The van der Waals surface area contributed by atoms with E-state index >= 15 is 0 Å².